The minimum atomic E-state index is -2.34. The van der Waals surface area contributed by atoms with E-state index in [4.69, 9.17) is 24.7 Å². The molecule has 0 radical (unpaired) electrons. The molecule has 0 amide bonds. The van der Waals surface area contributed by atoms with Crippen LogP contribution in [0, 0.1) is 17.8 Å². The van der Waals surface area contributed by atoms with Gasteiger partial charge in [-0.1, -0.05) is 6.07 Å². The van der Waals surface area contributed by atoms with Crippen LogP contribution in [0.5, 0.6) is 0 Å². The number of nitrogens with two attached hydrogens (primary N) is 1. The largest absolute Gasteiger partial charge is 0.465 e. The summed E-state index contributed by atoms with van der Waals surface area (Å²) in [5, 5.41) is 0. The van der Waals surface area contributed by atoms with Crippen molar-refractivity contribution in [1.29, 1.82) is 0 Å². The smallest absolute Gasteiger partial charge is 0.325 e. The standard InChI is InChI=1S/C23H31NO8/c1-6-29-18(25)22(19(26)30-7-2)12-15-10-11-17(24)14(5)16(15)13-23(22,20(27)31-8-3)21(28)32-9-4/h10-11H,6-9,12-13,24H2,1-5H3. The summed E-state index contributed by atoms with van der Waals surface area (Å²) in [6.45, 7) is 7.69. The molecule has 1 aliphatic carbocycles. The predicted molar refractivity (Wildman–Crippen MR) is 114 cm³/mol. The van der Waals surface area contributed by atoms with Gasteiger partial charge >= 0.3 is 23.9 Å². The minimum Gasteiger partial charge on any atom is -0.465 e. The van der Waals surface area contributed by atoms with E-state index in [9.17, 15) is 19.2 Å². The van der Waals surface area contributed by atoms with Gasteiger partial charge in [0.05, 0.1) is 26.4 Å². The fourth-order valence-corrected chi connectivity index (χ4v) is 4.26. The molecular weight excluding hydrogens is 418 g/mol. The number of esters is 4. The average Bonchev–Trinajstić information content (AvgIpc) is 2.76. The molecule has 9 heteroatoms. The second kappa shape index (κ2) is 10.0. The summed E-state index contributed by atoms with van der Waals surface area (Å²) < 4.78 is 21.0. The van der Waals surface area contributed by atoms with Gasteiger partial charge in [-0.3, -0.25) is 19.2 Å². The molecule has 2 N–H and O–H groups in total. The summed E-state index contributed by atoms with van der Waals surface area (Å²) in [5.74, 6) is -4.18. The first-order valence-corrected chi connectivity index (χ1v) is 10.7. The van der Waals surface area contributed by atoms with E-state index < -0.39 is 34.7 Å². The Balaban J connectivity index is 2.99. The van der Waals surface area contributed by atoms with Crippen LogP contribution in [0.4, 0.5) is 5.69 Å². The molecule has 2 rings (SSSR count). The quantitative estimate of drug-likeness (QED) is 0.273. The van der Waals surface area contributed by atoms with Gasteiger partial charge in [-0.2, -0.15) is 0 Å². The van der Waals surface area contributed by atoms with E-state index in [1.807, 2.05) is 0 Å². The van der Waals surface area contributed by atoms with Crippen LogP contribution >= 0.6 is 0 Å². The number of hydrogen-bond acceptors (Lipinski definition) is 9. The van der Waals surface area contributed by atoms with E-state index in [2.05, 4.69) is 0 Å². The van der Waals surface area contributed by atoms with E-state index in [1.54, 1.807) is 46.8 Å². The van der Waals surface area contributed by atoms with Gasteiger partial charge in [-0.15, -0.1) is 0 Å². The zero-order chi connectivity index (χ0) is 24.1. The topological polar surface area (TPSA) is 131 Å². The zero-order valence-electron chi connectivity index (χ0n) is 19.2. The molecule has 1 aliphatic rings. The lowest BCUT2D eigenvalue weighted by molar-refractivity contribution is -0.204. The van der Waals surface area contributed by atoms with Gasteiger partial charge in [0.15, 0.2) is 10.8 Å². The molecule has 0 atom stereocenters. The molecule has 32 heavy (non-hydrogen) atoms. The highest BCUT2D eigenvalue weighted by Crippen LogP contribution is 2.53. The number of carbonyl (C=O) groups excluding carboxylic acids is 4. The highest BCUT2D eigenvalue weighted by atomic mass is 16.6. The van der Waals surface area contributed by atoms with Crippen LogP contribution in [0.2, 0.25) is 0 Å². The highest BCUT2D eigenvalue weighted by molar-refractivity contribution is 6.15. The summed E-state index contributed by atoms with van der Waals surface area (Å²) >= 11 is 0. The van der Waals surface area contributed by atoms with Gasteiger partial charge in [0.2, 0.25) is 0 Å². The fourth-order valence-electron chi connectivity index (χ4n) is 4.26. The number of benzene rings is 1. The van der Waals surface area contributed by atoms with Crippen molar-refractivity contribution >= 4 is 29.6 Å². The van der Waals surface area contributed by atoms with Crippen LogP contribution in [-0.2, 0) is 51.0 Å². The van der Waals surface area contributed by atoms with Gasteiger partial charge in [0.1, 0.15) is 0 Å². The average molecular weight is 450 g/mol. The van der Waals surface area contributed by atoms with Crippen molar-refractivity contribution in [3.05, 3.63) is 28.8 Å². The Kier molecular flexibility index (Phi) is 7.87. The molecule has 0 aromatic heterocycles. The van der Waals surface area contributed by atoms with Crippen molar-refractivity contribution < 1.29 is 38.1 Å². The summed E-state index contributed by atoms with van der Waals surface area (Å²) in [5.41, 5.74) is 3.65. The van der Waals surface area contributed by atoms with Crippen molar-refractivity contribution in [1.82, 2.24) is 0 Å². The van der Waals surface area contributed by atoms with Gasteiger partial charge in [0.25, 0.3) is 0 Å². The molecule has 0 bridgehead atoms. The van der Waals surface area contributed by atoms with E-state index in [-0.39, 0.29) is 39.3 Å². The zero-order valence-corrected chi connectivity index (χ0v) is 19.2. The van der Waals surface area contributed by atoms with Crippen LogP contribution in [0.3, 0.4) is 0 Å². The lowest BCUT2D eigenvalue weighted by Crippen LogP contribution is -2.66. The van der Waals surface area contributed by atoms with Crippen LogP contribution < -0.4 is 5.73 Å². The maximum atomic E-state index is 13.5. The van der Waals surface area contributed by atoms with Crippen molar-refractivity contribution in [3.63, 3.8) is 0 Å². The Morgan fingerprint density at radius 3 is 1.50 bits per heavy atom. The van der Waals surface area contributed by atoms with Crippen molar-refractivity contribution in [2.45, 2.75) is 47.5 Å². The normalized spacial score (nSPS) is 15.8. The van der Waals surface area contributed by atoms with Gasteiger partial charge in [0, 0.05) is 18.5 Å². The third-order valence-electron chi connectivity index (χ3n) is 5.86. The lowest BCUT2D eigenvalue weighted by Gasteiger charge is -2.46. The van der Waals surface area contributed by atoms with E-state index in [0.717, 1.165) is 0 Å². The van der Waals surface area contributed by atoms with Gasteiger partial charge in [-0.05, 0) is 57.4 Å². The SMILES string of the molecule is CCOC(=O)C1(C(=O)OCC)Cc2ccc(N)c(C)c2CC1(C(=O)OCC)C(=O)OCC. The first kappa shape index (κ1) is 25.2. The maximum Gasteiger partial charge on any atom is 0.325 e. The Bertz CT molecular complexity index is 872. The Labute approximate surface area is 187 Å². The molecule has 1 aromatic carbocycles. The van der Waals surface area contributed by atoms with Gasteiger partial charge in [-0.25, -0.2) is 0 Å². The Hall–Kier alpha value is -3.10. The summed E-state index contributed by atoms with van der Waals surface area (Å²) in [6, 6.07) is 3.32. The van der Waals surface area contributed by atoms with Crippen LogP contribution in [0.25, 0.3) is 0 Å². The summed E-state index contributed by atoms with van der Waals surface area (Å²) in [4.78, 5) is 53.9. The Morgan fingerprint density at radius 1 is 0.750 bits per heavy atom. The molecular formula is C23H31NO8. The number of hydrogen-bond donors (Lipinski definition) is 1. The van der Waals surface area contributed by atoms with Crippen LogP contribution in [0.1, 0.15) is 44.4 Å². The molecule has 0 spiro atoms. The summed E-state index contributed by atoms with van der Waals surface area (Å²) in [7, 11) is 0. The van der Waals surface area contributed by atoms with Crippen molar-refractivity contribution in [2.75, 3.05) is 32.2 Å². The molecule has 176 valence electrons. The molecule has 9 nitrogen and oxygen atoms in total. The minimum absolute atomic E-state index is 0.0741. The van der Waals surface area contributed by atoms with Crippen molar-refractivity contribution in [2.24, 2.45) is 10.8 Å². The molecule has 0 aliphatic heterocycles. The van der Waals surface area contributed by atoms with Crippen molar-refractivity contribution in [3.8, 4) is 0 Å². The van der Waals surface area contributed by atoms with E-state index in [1.165, 1.54) is 0 Å². The molecule has 0 saturated carbocycles. The maximum absolute atomic E-state index is 13.5. The van der Waals surface area contributed by atoms with Crippen LogP contribution in [-0.4, -0.2) is 50.3 Å². The number of fused-ring (bicyclic) bond motifs is 1. The summed E-state index contributed by atoms with van der Waals surface area (Å²) in [6.07, 6.45) is -0.632. The second-order valence-corrected chi connectivity index (χ2v) is 7.46. The molecule has 1 aromatic rings. The van der Waals surface area contributed by atoms with Gasteiger partial charge < -0.3 is 24.7 Å². The van der Waals surface area contributed by atoms with Crippen LogP contribution in [0.15, 0.2) is 12.1 Å². The van der Waals surface area contributed by atoms with E-state index >= 15 is 0 Å². The fraction of sp³-hybridized carbons (Fsp3) is 0.565. The molecule has 0 heterocycles. The predicted octanol–water partition coefficient (Wildman–Crippen LogP) is 1.90. The molecule has 0 saturated heterocycles. The number of anilines is 1. The second-order valence-electron chi connectivity index (χ2n) is 7.46. The van der Waals surface area contributed by atoms with E-state index in [0.29, 0.717) is 22.4 Å². The number of rotatable bonds is 8. The third-order valence-corrected chi connectivity index (χ3v) is 5.86. The number of nitrogen functional groups attached to an aromatic ring is 1. The number of carbonyl (C=O) groups is 4. The first-order chi connectivity index (χ1) is 15.2. The number of ether oxygens (including phenoxy) is 4. The third kappa shape index (κ3) is 3.80. The Morgan fingerprint density at radius 2 is 1.12 bits per heavy atom. The monoisotopic (exact) mass is 449 g/mol. The molecule has 0 unspecified atom stereocenters. The molecule has 0 fully saturated rings. The first-order valence-electron chi connectivity index (χ1n) is 10.7. The highest BCUT2D eigenvalue weighted by Gasteiger charge is 2.74. The lowest BCUT2D eigenvalue weighted by atomic mass is 9.53.